The molecule has 8 aromatic carbocycles. The molecule has 0 aliphatic carbocycles. The van der Waals surface area contributed by atoms with Crippen molar-refractivity contribution in [3.63, 3.8) is 0 Å². The van der Waals surface area contributed by atoms with Gasteiger partial charge in [0.25, 0.3) is 10.1 Å². The zero-order valence-electron chi connectivity index (χ0n) is 35.5. The Balaban J connectivity index is 0.000000290. The summed E-state index contributed by atoms with van der Waals surface area (Å²) in [6.45, 7) is 4.70. The van der Waals surface area contributed by atoms with Gasteiger partial charge in [0.15, 0.2) is 0 Å². The summed E-state index contributed by atoms with van der Waals surface area (Å²) in [4.78, 5) is 0. The third-order valence-electron chi connectivity index (χ3n) is 10.0. The second-order valence-electron chi connectivity index (χ2n) is 14.7. The Kier molecular flexibility index (Phi) is 18.9. The molecule has 330 valence electrons. The maximum absolute atomic E-state index is 9.19. The first-order valence-corrected chi connectivity index (χ1v) is 25.6. The van der Waals surface area contributed by atoms with E-state index in [1.807, 2.05) is 48.5 Å². The topological polar surface area (TPSA) is 89.6 Å². The van der Waals surface area contributed by atoms with Crippen molar-refractivity contribution in [2.75, 3.05) is 17.3 Å². The maximum Gasteiger partial charge on any atom is 0.261 e. The molecule has 3 N–H and O–H groups in total. The van der Waals surface area contributed by atoms with E-state index in [4.69, 9.17) is 38.2 Å². The molecule has 0 atom stereocenters. The molecular formula is C53H48Cl2NO4P2PdS-. The van der Waals surface area contributed by atoms with Crippen LogP contribution in [0.3, 0.4) is 0 Å². The molecule has 1 aliphatic heterocycles. The van der Waals surface area contributed by atoms with E-state index in [0.717, 1.165) is 28.3 Å². The molecule has 1 aliphatic rings. The fraction of sp³-hybridized carbons (Fsp3) is 0.0943. The van der Waals surface area contributed by atoms with E-state index in [2.05, 4.69) is 178 Å². The zero-order valence-corrected chi connectivity index (χ0v) is 41.1. The molecule has 64 heavy (non-hydrogen) atoms. The molecule has 5 nitrogen and oxygen atoms in total. The molecule has 9 rings (SSSR count). The molecule has 0 bridgehead atoms. The molecule has 0 aromatic heterocycles. The molecule has 0 saturated carbocycles. The van der Waals surface area contributed by atoms with Crippen molar-refractivity contribution in [2.24, 2.45) is 0 Å². The van der Waals surface area contributed by atoms with Crippen LogP contribution in [0.4, 0.5) is 5.69 Å². The van der Waals surface area contributed by atoms with E-state index in [0.29, 0.717) is 6.26 Å². The van der Waals surface area contributed by atoms with Crippen molar-refractivity contribution >= 4 is 86.7 Å². The maximum atomic E-state index is 9.19. The summed E-state index contributed by atoms with van der Waals surface area (Å²) in [5, 5.41) is 8.01. The summed E-state index contributed by atoms with van der Waals surface area (Å²) >= 11 is 9.53. The van der Waals surface area contributed by atoms with Crippen molar-refractivity contribution in [1.29, 1.82) is 0 Å². The summed E-state index contributed by atoms with van der Waals surface area (Å²) in [6.07, 6.45) is 0.715. The standard InChI is InChI=1S/C39H32OP2.C12H10N.CH2Cl2.CH4O3S.Pd/c1-39(2)33-25-15-27-35(41(29-17-7-3-8-18-29)30-19-9-4-10-20-30)37(33)40-38-34(39)26-16-28-36(38)42(31-21-11-5-12-22-31)32-23-13-6-14-24-32;13-12-9-5-4-8-11(12)10-6-2-1-3-7-10;2-1-3;1-5(2,3)4;/h3-28H,1-2H3;1-6,8-9H,13H2;1H2;1H3,(H,2,3,4);/q;-1;;;. The molecule has 0 amide bonds. The van der Waals surface area contributed by atoms with Crippen LogP contribution in [0.15, 0.2) is 206 Å². The average Bonchev–Trinajstić information content (AvgIpc) is 3.29. The Labute approximate surface area is 404 Å². The first-order valence-electron chi connectivity index (χ1n) is 20.0. The molecule has 8 aromatic rings. The fourth-order valence-electron chi connectivity index (χ4n) is 7.31. The van der Waals surface area contributed by atoms with Gasteiger partial charge in [-0.3, -0.25) is 4.55 Å². The van der Waals surface area contributed by atoms with Crippen molar-refractivity contribution in [3.05, 3.63) is 223 Å². The molecular weight excluding hydrogens is 986 g/mol. The van der Waals surface area contributed by atoms with Gasteiger partial charge in [0.2, 0.25) is 0 Å². The smallest absolute Gasteiger partial charge is 0.261 e. The van der Waals surface area contributed by atoms with E-state index in [1.54, 1.807) is 0 Å². The van der Waals surface area contributed by atoms with Gasteiger partial charge in [0.1, 0.15) is 11.5 Å². The van der Waals surface area contributed by atoms with Crippen LogP contribution < -0.4 is 42.3 Å². The quantitative estimate of drug-likeness (QED) is 0.0415. The van der Waals surface area contributed by atoms with E-state index in [-0.39, 0.29) is 31.2 Å². The minimum atomic E-state index is -3.67. The summed E-state index contributed by atoms with van der Waals surface area (Å²) in [6, 6.07) is 75.9. The van der Waals surface area contributed by atoms with Crippen LogP contribution in [0.5, 0.6) is 11.5 Å². The first-order chi connectivity index (χ1) is 30.4. The van der Waals surface area contributed by atoms with E-state index in [9.17, 15) is 8.42 Å². The normalized spacial score (nSPS) is 11.9. The predicted molar refractivity (Wildman–Crippen MR) is 272 cm³/mol. The van der Waals surface area contributed by atoms with Crippen molar-refractivity contribution in [2.45, 2.75) is 19.3 Å². The number of hydrogen-bond donors (Lipinski definition) is 2. The molecule has 11 heteroatoms. The number of anilines is 1. The average molecular weight is 1030 g/mol. The Morgan fingerprint density at radius 1 is 0.562 bits per heavy atom. The zero-order chi connectivity index (χ0) is 44.8. The van der Waals surface area contributed by atoms with Gasteiger partial charge in [-0.2, -0.15) is 8.42 Å². The third-order valence-corrected chi connectivity index (χ3v) is 15.0. The van der Waals surface area contributed by atoms with Crippen LogP contribution in [-0.2, 0) is 36.0 Å². The number of benzene rings is 8. The second-order valence-corrected chi connectivity index (χ2v) is 21.4. The summed E-state index contributed by atoms with van der Waals surface area (Å²) < 4.78 is 33.1. The fourth-order valence-corrected chi connectivity index (χ4v) is 12.1. The Hall–Kier alpha value is -4.63. The molecule has 0 fully saturated rings. The number of fused-ring (bicyclic) bond motifs is 2. The van der Waals surface area contributed by atoms with Gasteiger partial charge >= 0.3 is 0 Å². The first kappa shape index (κ1) is 50.4. The number of nitrogens with two attached hydrogens (primary N) is 1. The van der Waals surface area contributed by atoms with Crippen molar-refractivity contribution < 1.29 is 38.1 Å². The SMILES string of the molecule is CC1(C)c2cccc(P(c3ccccc3)c3ccccc3)c2Oc2c(P(c3ccccc3)c3ccccc3)cccc21.CS(=O)(=O)O.ClCCl.Nc1ccccc1-c1[c-]cccc1.[Pd]. The number of para-hydroxylation sites is 3. The summed E-state index contributed by atoms with van der Waals surface area (Å²) in [7, 11) is -5.31. The van der Waals surface area contributed by atoms with Gasteiger partial charge in [-0.05, 0) is 48.8 Å². The molecule has 1 heterocycles. The van der Waals surface area contributed by atoms with Crippen LogP contribution in [0.1, 0.15) is 25.0 Å². The predicted octanol–water partition coefficient (Wildman–Crippen LogP) is 11.3. The third kappa shape index (κ3) is 13.0. The minimum Gasteiger partial charge on any atom is -0.455 e. The van der Waals surface area contributed by atoms with Gasteiger partial charge < -0.3 is 10.5 Å². The van der Waals surface area contributed by atoms with Crippen LogP contribution in [0.25, 0.3) is 11.1 Å². The van der Waals surface area contributed by atoms with Crippen LogP contribution in [0, 0.1) is 6.07 Å². The van der Waals surface area contributed by atoms with Crippen LogP contribution in [-0.4, -0.2) is 24.6 Å². The number of nitrogen functional groups attached to an aromatic ring is 1. The Bertz CT molecular complexity index is 2570. The summed E-state index contributed by atoms with van der Waals surface area (Å²) in [5.41, 5.74) is 11.0. The molecule has 0 spiro atoms. The van der Waals surface area contributed by atoms with Gasteiger partial charge in [-0.25, -0.2) is 0 Å². The second kappa shape index (κ2) is 24.1. The van der Waals surface area contributed by atoms with E-state index < -0.39 is 26.0 Å². The minimum absolute atomic E-state index is 0. The Morgan fingerprint density at radius 3 is 1.25 bits per heavy atom. The van der Waals surface area contributed by atoms with Crippen LogP contribution >= 0.6 is 39.0 Å². The van der Waals surface area contributed by atoms with E-state index >= 15 is 0 Å². The van der Waals surface area contributed by atoms with E-state index in [1.165, 1.54) is 43.0 Å². The molecule has 0 unspecified atom stereocenters. The number of rotatable bonds is 7. The molecule has 0 saturated heterocycles. The number of halogens is 2. The number of alkyl halides is 2. The molecule has 0 radical (unpaired) electrons. The largest absolute Gasteiger partial charge is 0.455 e. The van der Waals surface area contributed by atoms with Gasteiger partial charge in [-0.15, -0.1) is 59.1 Å². The summed E-state index contributed by atoms with van der Waals surface area (Å²) in [5.74, 6) is 2.02. The van der Waals surface area contributed by atoms with Crippen LogP contribution in [0.2, 0.25) is 0 Å². The van der Waals surface area contributed by atoms with Gasteiger partial charge in [0, 0.05) is 47.6 Å². The number of ether oxygens (including phenoxy) is 1. The van der Waals surface area contributed by atoms with Gasteiger partial charge in [-0.1, -0.05) is 195 Å². The number of hydrogen-bond acceptors (Lipinski definition) is 4. The van der Waals surface area contributed by atoms with Gasteiger partial charge in [0.05, 0.1) is 11.6 Å². The van der Waals surface area contributed by atoms with Crippen molar-refractivity contribution in [1.82, 2.24) is 0 Å². The van der Waals surface area contributed by atoms with Crippen molar-refractivity contribution in [3.8, 4) is 22.6 Å². The monoisotopic (exact) mass is 1030 g/mol. The Morgan fingerprint density at radius 2 is 0.906 bits per heavy atom.